The number of sulfonamides is 1. The van der Waals surface area contributed by atoms with Gasteiger partial charge in [-0.15, -0.1) is 0 Å². The van der Waals surface area contributed by atoms with Gasteiger partial charge in [-0.2, -0.15) is 8.78 Å². The topological polar surface area (TPSA) is 105 Å². The number of hydrogen-bond acceptors (Lipinski definition) is 6. The molecule has 1 aliphatic heterocycles. The lowest BCUT2D eigenvalue weighted by Crippen LogP contribution is -2.18. The molecule has 2 N–H and O–H groups in total. The first kappa shape index (κ1) is 23.0. The van der Waals surface area contributed by atoms with Crippen LogP contribution in [0.1, 0.15) is 43.4 Å². The quantitative estimate of drug-likeness (QED) is 0.575. The molecule has 0 aliphatic carbocycles. The summed E-state index contributed by atoms with van der Waals surface area (Å²) in [6, 6.07) is 9.47. The molecular formula is C21H23F2NO6S. The highest BCUT2D eigenvalue weighted by Crippen LogP contribution is 2.48. The highest BCUT2D eigenvalue weighted by atomic mass is 32.2. The molecule has 1 aliphatic rings. The minimum Gasteiger partial charge on any atom is -0.485 e. The Hall–Kier alpha value is -2.72. The number of alkyl halides is 2. The third-order valence-corrected chi connectivity index (χ3v) is 5.46. The maximum atomic E-state index is 12.9. The molecule has 0 aromatic heterocycles. The SMILES string of the molecule is CCOC(=O)CCCC1Oc2cccc(OC(F)F)c2-c2ccc(CS(N)(=O)=O)cc21. The lowest BCUT2D eigenvalue weighted by Gasteiger charge is -2.30. The predicted octanol–water partition coefficient (Wildman–Crippen LogP) is 3.91. The van der Waals surface area contributed by atoms with Crippen LogP contribution in [0.2, 0.25) is 0 Å². The maximum Gasteiger partial charge on any atom is 0.387 e. The van der Waals surface area contributed by atoms with E-state index in [9.17, 15) is 22.0 Å². The van der Waals surface area contributed by atoms with Gasteiger partial charge in [0, 0.05) is 12.0 Å². The molecule has 10 heteroatoms. The monoisotopic (exact) mass is 455 g/mol. The van der Waals surface area contributed by atoms with Crippen LogP contribution in [0.3, 0.4) is 0 Å². The van der Waals surface area contributed by atoms with Crippen molar-refractivity contribution in [2.24, 2.45) is 5.14 Å². The fraction of sp³-hybridized carbons (Fsp3) is 0.381. The van der Waals surface area contributed by atoms with Crippen molar-refractivity contribution < 1.29 is 36.2 Å². The fourth-order valence-corrected chi connectivity index (χ4v) is 4.24. The van der Waals surface area contributed by atoms with Crippen LogP contribution < -0.4 is 14.6 Å². The Bertz CT molecular complexity index is 1060. The van der Waals surface area contributed by atoms with Gasteiger partial charge in [0.15, 0.2) is 0 Å². The standard InChI is InChI=1S/C21H23F2NO6S/c1-2-28-19(25)8-4-5-16-15-11-13(12-31(24,26)27)9-10-14(15)20-17(29-16)6-3-7-18(20)30-21(22)23/h3,6-7,9-11,16,21H,2,4-5,8,12H2,1H3,(H2,24,26,27). The van der Waals surface area contributed by atoms with E-state index in [-0.39, 0.29) is 23.9 Å². The third kappa shape index (κ3) is 5.92. The number of primary sulfonamides is 1. The normalized spacial score (nSPS) is 15.1. The minimum absolute atomic E-state index is 0.0436. The van der Waals surface area contributed by atoms with Crippen molar-refractivity contribution in [1.82, 2.24) is 0 Å². The molecule has 168 valence electrons. The van der Waals surface area contributed by atoms with Crippen molar-refractivity contribution in [2.45, 2.75) is 44.7 Å². The number of ether oxygens (including phenoxy) is 3. The molecule has 7 nitrogen and oxygen atoms in total. The van der Waals surface area contributed by atoms with Crippen LogP contribution in [0.5, 0.6) is 11.5 Å². The van der Waals surface area contributed by atoms with Crippen LogP contribution in [-0.2, 0) is 25.3 Å². The maximum absolute atomic E-state index is 12.9. The van der Waals surface area contributed by atoms with Gasteiger partial charge in [-0.05, 0) is 43.0 Å². The number of halogens is 2. The van der Waals surface area contributed by atoms with Gasteiger partial charge >= 0.3 is 12.6 Å². The number of fused-ring (bicyclic) bond motifs is 3. The summed E-state index contributed by atoms with van der Waals surface area (Å²) in [5.74, 6) is -0.379. The number of esters is 1. The molecule has 2 aromatic carbocycles. The van der Waals surface area contributed by atoms with Gasteiger partial charge in [0.25, 0.3) is 0 Å². The molecular weight excluding hydrogens is 432 g/mol. The molecule has 0 saturated carbocycles. The van der Waals surface area contributed by atoms with Crippen molar-refractivity contribution in [1.29, 1.82) is 0 Å². The molecule has 31 heavy (non-hydrogen) atoms. The second kappa shape index (κ2) is 9.61. The van der Waals surface area contributed by atoms with Gasteiger partial charge < -0.3 is 14.2 Å². The van der Waals surface area contributed by atoms with Gasteiger partial charge in [0.2, 0.25) is 10.0 Å². The molecule has 1 heterocycles. The van der Waals surface area contributed by atoms with Crippen molar-refractivity contribution in [3.63, 3.8) is 0 Å². The average Bonchev–Trinajstić information content (AvgIpc) is 2.66. The number of nitrogens with two attached hydrogens (primary N) is 1. The molecule has 0 fully saturated rings. The summed E-state index contributed by atoms with van der Waals surface area (Å²) >= 11 is 0. The first-order chi connectivity index (χ1) is 14.7. The van der Waals surface area contributed by atoms with Crippen molar-refractivity contribution in [3.8, 4) is 22.6 Å². The lowest BCUT2D eigenvalue weighted by atomic mass is 9.89. The Balaban J connectivity index is 1.98. The molecule has 1 atom stereocenters. The van der Waals surface area contributed by atoms with Gasteiger partial charge in [-0.1, -0.05) is 24.3 Å². The summed E-state index contributed by atoms with van der Waals surface area (Å²) in [6.45, 7) is -1.00. The van der Waals surface area contributed by atoms with Crippen LogP contribution in [0.25, 0.3) is 11.1 Å². The molecule has 0 amide bonds. The first-order valence-electron chi connectivity index (χ1n) is 9.71. The van der Waals surface area contributed by atoms with E-state index in [1.807, 2.05) is 0 Å². The van der Waals surface area contributed by atoms with E-state index in [1.54, 1.807) is 37.3 Å². The van der Waals surface area contributed by atoms with Gasteiger partial charge in [0.05, 0.1) is 17.9 Å². The first-order valence-corrected chi connectivity index (χ1v) is 11.4. The smallest absolute Gasteiger partial charge is 0.387 e. The number of rotatable bonds is 9. The Morgan fingerprint density at radius 3 is 2.71 bits per heavy atom. The number of carbonyl (C=O) groups is 1. The Labute approximate surface area is 179 Å². The molecule has 3 rings (SSSR count). The zero-order chi connectivity index (χ0) is 22.6. The Kier molecular flexibility index (Phi) is 7.11. The zero-order valence-electron chi connectivity index (χ0n) is 16.8. The molecule has 0 spiro atoms. The molecule has 1 unspecified atom stereocenters. The lowest BCUT2D eigenvalue weighted by molar-refractivity contribution is -0.143. The number of carbonyl (C=O) groups excluding carboxylic acids is 1. The molecule has 0 bridgehead atoms. The third-order valence-electron chi connectivity index (χ3n) is 4.73. The van der Waals surface area contributed by atoms with Crippen molar-refractivity contribution in [2.75, 3.05) is 6.61 Å². The summed E-state index contributed by atoms with van der Waals surface area (Å²) in [6.07, 6.45) is 0.579. The zero-order valence-corrected chi connectivity index (χ0v) is 17.7. The predicted molar refractivity (Wildman–Crippen MR) is 109 cm³/mol. The van der Waals surface area contributed by atoms with Gasteiger partial charge in [-0.25, -0.2) is 13.6 Å². The Morgan fingerprint density at radius 1 is 1.26 bits per heavy atom. The minimum atomic E-state index is -3.77. The Morgan fingerprint density at radius 2 is 2.03 bits per heavy atom. The highest BCUT2D eigenvalue weighted by Gasteiger charge is 2.30. The van der Waals surface area contributed by atoms with E-state index < -0.39 is 22.7 Å². The summed E-state index contributed by atoms with van der Waals surface area (Å²) < 4.78 is 64.5. The van der Waals surface area contributed by atoms with E-state index in [2.05, 4.69) is 4.74 Å². The molecule has 2 aromatic rings. The average molecular weight is 455 g/mol. The summed E-state index contributed by atoms with van der Waals surface area (Å²) in [4.78, 5) is 11.7. The molecule has 0 saturated heterocycles. The summed E-state index contributed by atoms with van der Waals surface area (Å²) in [5.41, 5.74) is 2.01. The second-order valence-corrected chi connectivity index (χ2v) is 8.65. The summed E-state index contributed by atoms with van der Waals surface area (Å²) in [7, 11) is -3.77. The highest BCUT2D eigenvalue weighted by molar-refractivity contribution is 7.88. The number of hydrogen-bond donors (Lipinski definition) is 1. The second-order valence-electron chi connectivity index (χ2n) is 7.04. The van der Waals surface area contributed by atoms with Gasteiger partial charge in [-0.3, -0.25) is 4.79 Å². The summed E-state index contributed by atoms with van der Waals surface area (Å²) in [5, 5.41) is 5.16. The van der Waals surface area contributed by atoms with Gasteiger partial charge in [0.1, 0.15) is 17.6 Å². The van der Waals surface area contributed by atoms with Crippen LogP contribution in [-0.4, -0.2) is 27.6 Å². The van der Waals surface area contributed by atoms with Crippen LogP contribution in [0.15, 0.2) is 36.4 Å². The van der Waals surface area contributed by atoms with Crippen molar-refractivity contribution in [3.05, 3.63) is 47.5 Å². The van der Waals surface area contributed by atoms with Crippen LogP contribution in [0, 0.1) is 0 Å². The van der Waals surface area contributed by atoms with Crippen molar-refractivity contribution >= 4 is 16.0 Å². The van der Waals surface area contributed by atoms with Crippen LogP contribution in [0.4, 0.5) is 8.78 Å². The van der Waals surface area contributed by atoms with E-state index >= 15 is 0 Å². The van der Waals surface area contributed by atoms with Crippen LogP contribution >= 0.6 is 0 Å². The molecule has 0 radical (unpaired) electrons. The van der Waals surface area contributed by atoms with E-state index in [1.165, 1.54) is 6.07 Å². The fourth-order valence-electron chi connectivity index (χ4n) is 3.59. The van der Waals surface area contributed by atoms with E-state index in [0.717, 1.165) is 0 Å². The van der Waals surface area contributed by atoms with E-state index in [4.69, 9.17) is 14.6 Å². The largest absolute Gasteiger partial charge is 0.485 e. The number of benzene rings is 2. The van der Waals surface area contributed by atoms with E-state index in [0.29, 0.717) is 47.5 Å².